The van der Waals surface area contributed by atoms with E-state index in [2.05, 4.69) is 10.3 Å². The molecule has 33 heavy (non-hydrogen) atoms. The summed E-state index contributed by atoms with van der Waals surface area (Å²) < 4.78 is 0. The van der Waals surface area contributed by atoms with Crippen LogP contribution in [0, 0.1) is 10.8 Å². The van der Waals surface area contributed by atoms with Crippen LogP contribution in [0.25, 0.3) is 22.3 Å². The van der Waals surface area contributed by atoms with Crippen molar-refractivity contribution in [2.24, 2.45) is 17.2 Å². The Morgan fingerprint density at radius 2 is 1.42 bits per heavy atom. The summed E-state index contributed by atoms with van der Waals surface area (Å²) in [5.41, 5.74) is 16.6. The zero-order chi connectivity index (χ0) is 24.3. The highest BCUT2D eigenvalue weighted by molar-refractivity contribution is 6.08. The van der Waals surface area contributed by atoms with Gasteiger partial charge in [-0.25, -0.2) is 0 Å². The van der Waals surface area contributed by atoms with E-state index in [0.29, 0.717) is 22.3 Å². The van der Waals surface area contributed by atoms with Gasteiger partial charge in [-0.05, 0) is 23.3 Å². The van der Waals surface area contributed by atoms with E-state index < -0.39 is 29.8 Å². The molecule has 11 nitrogen and oxygen atoms in total. The molecule has 168 valence electrons. The Morgan fingerprint density at radius 3 is 1.91 bits per heavy atom. The van der Waals surface area contributed by atoms with Crippen molar-refractivity contribution >= 4 is 23.5 Å². The van der Waals surface area contributed by atoms with Crippen molar-refractivity contribution in [2.75, 3.05) is 6.54 Å². The molecule has 0 radical (unpaired) electrons. The first kappa shape index (κ1) is 22.7. The average molecular weight is 447 g/mol. The molecule has 0 spiro atoms. The first-order chi connectivity index (χ1) is 15.6. The number of nitrogens with one attached hydrogen (secondary N) is 4. The number of rotatable bonds is 7. The van der Waals surface area contributed by atoms with Gasteiger partial charge in [0.05, 0.1) is 12.1 Å². The summed E-state index contributed by atoms with van der Waals surface area (Å²) in [6.07, 6.45) is 0. The quantitative estimate of drug-likeness (QED) is 0.186. The van der Waals surface area contributed by atoms with Gasteiger partial charge in [-0.15, -0.1) is 0 Å². The Labute approximate surface area is 187 Å². The lowest BCUT2D eigenvalue weighted by Crippen LogP contribution is -2.34. The van der Waals surface area contributed by atoms with Crippen LogP contribution in [0.15, 0.2) is 53.3 Å². The van der Waals surface area contributed by atoms with Crippen molar-refractivity contribution in [1.82, 2.24) is 10.3 Å². The maximum absolute atomic E-state index is 13.0. The maximum Gasteiger partial charge on any atom is 0.259 e. The minimum absolute atomic E-state index is 0.000766. The molecule has 0 atom stereocenters. The van der Waals surface area contributed by atoms with Gasteiger partial charge < -0.3 is 27.6 Å². The van der Waals surface area contributed by atoms with Crippen LogP contribution in [0.1, 0.15) is 21.5 Å². The molecule has 0 saturated carbocycles. The zero-order valence-corrected chi connectivity index (χ0v) is 17.2. The number of hydrogen-bond donors (Lipinski definition) is 8. The Morgan fingerprint density at radius 1 is 0.909 bits per heavy atom. The lowest BCUT2D eigenvalue weighted by molar-refractivity contribution is -0.117. The summed E-state index contributed by atoms with van der Waals surface area (Å²) in [6, 6.07) is 12.4. The summed E-state index contributed by atoms with van der Waals surface area (Å²) in [6.45, 7) is -0.501. The number of nitrogens with two attached hydrogens (primary N) is 3. The normalized spacial score (nSPS) is 10.4. The standard InChI is InChI=1S/C22H21N7O4/c23-14(30)9-28-20(31)17-15(10-3-1-5-12(7-10)18(24)25)16(21(32)29-22(17)33)11-4-2-6-13(8-11)19(26)27/h1-8H,9H2,(H2,23,30)(H3,24,25)(H3,26,27)(H,28,31)(H2,29,32,33). The molecule has 2 aromatic carbocycles. The monoisotopic (exact) mass is 447 g/mol. The molecule has 0 bridgehead atoms. The van der Waals surface area contributed by atoms with Crippen LogP contribution in [-0.2, 0) is 4.79 Å². The van der Waals surface area contributed by atoms with Crippen molar-refractivity contribution in [3.8, 4) is 28.1 Å². The fraction of sp³-hybridized carbons (Fsp3) is 0.0455. The number of benzene rings is 2. The number of aromatic hydroxyl groups is 1. The third-order valence-electron chi connectivity index (χ3n) is 4.77. The highest BCUT2D eigenvalue weighted by Gasteiger charge is 2.26. The smallest absolute Gasteiger partial charge is 0.259 e. The molecule has 11 N–H and O–H groups in total. The average Bonchev–Trinajstić information content (AvgIpc) is 2.77. The van der Waals surface area contributed by atoms with Crippen LogP contribution in [0.3, 0.4) is 0 Å². The van der Waals surface area contributed by atoms with E-state index in [1.54, 1.807) is 36.4 Å². The third kappa shape index (κ3) is 4.71. The van der Waals surface area contributed by atoms with Crippen LogP contribution in [0.5, 0.6) is 5.88 Å². The molecule has 0 aliphatic carbocycles. The molecule has 0 saturated heterocycles. The van der Waals surface area contributed by atoms with E-state index in [4.69, 9.17) is 28.0 Å². The molecule has 1 heterocycles. The third-order valence-corrected chi connectivity index (χ3v) is 4.77. The van der Waals surface area contributed by atoms with Crippen molar-refractivity contribution < 1.29 is 14.7 Å². The molecular formula is C22H21N7O4. The summed E-state index contributed by atoms with van der Waals surface area (Å²) >= 11 is 0. The van der Waals surface area contributed by atoms with Crippen LogP contribution >= 0.6 is 0 Å². The van der Waals surface area contributed by atoms with Crippen molar-refractivity contribution in [3.63, 3.8) is 0 Å². The van der Waals surface area contributed by atoms with Crippen molar-refractivity contribution in [1.29, 1.82) is 10.8 Å². The van der Waals surface area contributed by atoms with Crippen LogP contribution in [0.2, 0.25) is 0 Å². The van der Waals surface area contributed by atoms with E-state index in [1.165, 1.54) is 12.1 Å². The Hall–Kier alpha value is -4.93. The van der Waals surface area contributed by atoms with Gasteiger partial charge in [0.2, 0.25) is 11.8 Å². The van der Waals surface area contributed by atoms with E-state index in [9.17, 15) is 19.5 Å². The second kappa shape index (κ2) is 9.06. The molecule has 0 unspecified atom stereocenters. The summed E-state index contributed by atoms with van der Waals surface area (Å²) in [5, 5.41) is 28.2. The fourth-order valence-corrected chi connectivity index (χ4v) is 3.31. The van der Waals surface area contributed by atoms with Crippen LogP contribution in [-0.4, -0.2) is 40.1 Å². The van der Waals surface area contributed by atoms with Gasteiger partial charge in [0.15, 0.2) is 0 Å². The molecule has 0 aliphatic rings. The highest BCUT2D eigenvalue weighted by atomic mass is 16.3. The van der Waals surface area contributed by atoms with Crippen molar-refractivity contribution in [3.05, 3.63) is 75.6 Å². The first-order valence-electron chi connectivity index (χ1n) is 9.55. The van der Waals surface area contributed by atoms with E-state index in [1.807, 2.05) is 0 Å². The number of pyridine rings is 1. The second-order valence-electron chi connectivity index (χ2n) is 7.07. The Kier molecular flexibility index (Phi) is 6.24. The Balaban J connectivity index is 2.40. The molecule has 11 heteroatoms. The van der Waals surface area contributed by atoms with Gasteiger partial charge in [-0.3, -0.25) is 30.2 Å². The SMILES string of the molecule is N=C(N)c1cccc(-c2c(C(=O)NCC(N)=O)c(O)[nH]c(=O)c2-c2cccc(C(=N)N)c2)c1. The van der Waals surface area contributed by atoms with E-state index in [0.717, 1.165) is 0 Å². The molecular weight excluding hydrogens is 426 g/mol. The topological polar surface area (TPSA) is 225 Å². The Bertz CT molecular complexity index is 1360. The largest absolute Gasteiger partial charge is 0.494 e. The van der Waals surface area contributed by atoms with Gasteiger partial charge in [0, 0.05) is 16.7 Å². The lowest BCUT2D eigenvalue weighted by atomic mass is 9.90. The van der Waals surface area contributed by atoms with Crippen molar-refractivity contribution in [2.45, 2.75) is 0 Å². The molecule has 3 aromatic rings. The summed E-state index contributed by atoms with van der Waals surface area (Å²) in [7, 11) is 0. The van der Waals surface area contributed by atoms with Gasteiger partial charge in [0.1, 0.15) is 17.2 Å². The summed E-state index contributed by atoms with van der Waals surface area (Å²) in [5.74, 6) is -2.87. The zero-order valence-electron chi connectivity index (χ0n) is 17.2. The molecule has 1 aromatic heterocycles. The van der Waals surface area contributed by atoms with Crippen LogP contribution in [0.4, 0.5) is 0 Å². The summed E-state index contributed by atoms with van der Waals surface area (Å²) in [4.78, 5) is 39.3. The first-order valence-corrected chi connectivity index (χ1v) is 9.55. The fourth-order valence-electron chi connectivity index (χ4n) is 3.31. The van der Waals surface area contributed by atoms with Gasteiger partial charge in [-0.2, -0.15) is 0 Å². The number of carbonyl (C=O) groups is 2. The predicted octanol–water partition coefficient (Wildman–Crippen LogP) is 0.198. The number of hydrogen-bond acceptors (Lipinski definition) is 6. The number of amidine groups is 2. The molecule has 0 fully saturated rings. The predicted molar refractivity (Wildman–Crippen MR) is 123 cm³/mol. The number of primary amides is 1. The number of aromatic amines is 1. The van der Waals surface area contributed by atoms with E-state index >= 15 is 0 Å². The number of H-pyrrole nitrogens is 1. The molecule has 0 aliphatic heterocycles. The number of aromatic nitrogens is 1. The van der Waals surface area contributed by atoms with Gasteiger partial charge >= 0.3 is 0 Å². The highest BCUT2D eigenvalue weighted by Crippen LogP contribution is 2.36. The minimum atomic E-state index is -0.866. The number of amides is 2. The molecule has 3 rings (SSSR count). The van der Waals surface area contributed by atoms with Gasteiger partial charge in [0.25, 0.3) is 11.5 Å². The lowest BCUT2D eigenvalue weighted by Gasteiger charge is -2.17. The second-order valence-corrected chi connectivity index (χ2v) is 7.07. The molecule has 2 amide bonds. The van der Waals surface area contributed by atoms with E-state index in [-0.39, 0.29) is 28.4 Å². The van der Waals surface area contributed by atoms with Gasteiger partial charge in [-0.1, -0.05) is 36.4 Å². The minimum Gasteiger partial charge on any atom is -0.494 e. The van der Waals surface area contributed by atoms with Crippen LogP contribution < -0.4 is 28.1 Å². The number of nitrogen functional groups attached to an aromatic ring is 2. The maximum atomic E-state index is 13.0. The number of carbonyl (C=O) groups excluding carboxylic acids is 2.